The van der Waals surface area contributed by atoms with Gasteiger partial charge in [-0.05, 0) is 23.8 Å². The van der Waals surface area contributed by atoms with E-state index in [9.17, 15) is 5.11 Å². The molecule has 1 aliphatic heterocycles. The lowest BCUT2D eigenvalue weighted by Gasteiger charge is -2.36. The van der Waals surface area contributed by atoms with Gasteiger partial charge in [0.15, 0.2) is 23.0 Å². The van der Waals surface area contributed by atoms with Crippen LogP contribution in [0.1, 0.15) is 17.2 Å². The van der Waals surface area contributed by atoms with Crippen LogP contribution in [0.2, 0.25) is 0 Å². The van der Waals surface area contributed by atoms with Gasteiger partial charge in [-0.15, -0.1) is 0 Å². The maximum atomic E-state index is 10.9. The fraction of sp³-hybridized carbons (Fsp3) is 0.455. The van der Waals surface area contributed by atoms with Crippen LogP contribution in [0.3, 0.4) is 0 Å². The van der Waals surface area contributed by atoms with Crippen molar-refractivity contribution in [2.24, 2.45) is 0 Å². The van der Waals surface area contributed by atoms with E-state index in [-0.39, 0.29) is 11.8 Å². The van der Waals surface area contributed by atoms with E-state index in [2.05, 4.69) is 4.90 Å². The van der Waals surface area contributed by atoms with E-state index < -0.39 is 0 Å². The molecule has 0 amide bonds. The standard InChI is InChI=1S/C22H29NO7/c1-25-17-12-15(16(24)13-18(17)26-2)21(23-6-8-30-9-7-23)14-10-19(27-3)22(29-5)20(11-14)28-4/h10-13,21,24H,6-9H2,1-5H3/t21-/m0/s1. The van der Waals surface area contributed by atoms with Crippen molar-refractivity contribution in [3.8, 4) is 34.5 Å². The minimum Gasteiger partial charge on any atom is -0.507 e. The van der Waals surface area contributed by atoms with Crippen molar-refractivity contribution in [2.75, 3.05) is 61.9 Å². The van der Waals surface area contributed by atoms with Crippen LogP contribution in [0.4, 0.5) is 0 Å². The fourth-order valence-electron chi connectivity index (χ4n) is 3.78. The van der Waals surface area contributed by atoms with E-state index in [1.807, 2.05) is 12.1 Å². The molecule has 1 fully saturated rings. The quantitative estimate of drug-likeness (QED) is 0.700. The van der Waals surface area contributed by atoms with Crippen LogP contribution in [0.5, 0.6) is 34.5 Å². The first-order valence-electron chi connectivity index (χ1n) is 9.64. The molecule has 0 unspecified atom stereocenters. The highest BCUT2D eigenvalue weighted by Crippen LogP contribution is 2.45. The van der Waals surface area contributed by atoms with Crippen molar-refractivity contribution in [3.05, 3.63) is 35.4 Å². The fourth-order valence-corrected chi connectivity index (χ4v) is 3.78. The van der Waals surface area contributed by atoms with Crippen LogP contribution in [-0.2, 0) is 4.74 Å². The van der Waals surface area contributed by atoms with Gasteiger partial charge in [-0.2, -0.15) is 0 Å². The Hall–Kier alpha value is -2.84. The first kappa shape index (κ1) is 21.9. The normalized spacial score (nSPS) is 15.4. The lowest BCUT2D eigenvalue weighted by Crippen LogP contribution is -2.39. The van der Waals surface area contributed by atoms with E-state index in [1.165, 1.54) is 7.11 Å². The van der Waals surface area contributed by atoms with Crippen LogP contribution < -0.4 is 23.7 Å². The average molecular weight is 419 g/mol. The number of phenolic OH excluding ortho intramolecular Hbond substituents is 1. The number of ether oxygens (including phenoxy) is 6. The minimum absolute atomic E-state index is 0.109. The molecule has 2 aromatic carbocycles. The Morgan fingerprint density at radius 1 is 0.767 bits per heavy atom. The smallest absolute Gasteiger partial charge is 0.203 e. The summed E-state index contributed by atoms with van der Waals surface area (Å²) in [6.45, 7) is 2.62. The van der Waals surface area contributed by atoms with E-state index >= 15 is 0 Å². The van der Waals surface area contributed by atoms with E-state index in [4.69, 9.17) is 28.4 Å². The summed E-state index contributed by atoms with van der Waals surface area (Å²) in [6.07, 6.45) is 0. The monoisotopic (exact) mass is 419 g/mol. The Morgan fingerprint density at radius 2 is 1.30 bits per heavy atom. The molecule has 1 saturated heterocycles. The van der Waals surface area contributed by atoms with Gasteiger partial charge in [-0.25, -0.2) is 0 Å². The summed E-state index contributed by atoms with van der Waals surface area (Å²) in [5, 5.41) is 10.9. The zero-order chi connectivity index (χ0) is 21.7. The van der Waals surface area contributed by atoms with Crippen molar-refractivity contribution in [2.45, 2.75) is 6.04 Å². The highest BCUT2D eigenvalue weighted by atomic mass is 16.5. The first-order chi connectivity index (χ1) is 14.6. The molecule has 8 heteroatoms. The zero-order valence-electron chi connectivity index (χ0n) is 18.1. The van der Waals surface area contributed by atoms with Gasteiger partial charge in [0.25, 0.3) is 0 Å². The van der Waals surface area contributed by atoms with Gasteiger partial charge < -0.3 is 33.5 Å². The number of methoxy groups -OCH3 is 5. The summed E-state index contributed by atoms with van der Waals surface area (Å²) in [4.78, 5) is 2.24. The van der Waals surface area contributed by atoms with Crippen LogP contribution in [0.25, 0.3) is 0 Å². The third-order valence-electron chi connectivity index (χ3n) is 5.24. The Labute approximate surface area is 176 Å². The van der Waals surface area contributed by atoms with Crippen molar-refractivity contribution in [3.63, 3.8) is 0 Å². The molecule has 1 N–H and O–H groups in total. The molecule has 2 aromatic rings. The van der Waals surface area contributed by atoms with Crippen LogP contribution in [-0.4, -0.2) is 71.9 Å². The molecule has 0 aromatic heterocycles. The van der Waals surface area contributed by atoms with Gasteiger partial charge in [-0.3, -0.25) is 4.90 Å². The second-order valence-corrected chi connectivity index (χ2v) is 6.78. The Bertz CT molecular complexity index is 840. The second kappa shape index (κ2) is 9.77. The lowest BCUT2D eigenvalue weighted by molar-refractivity contribution is 0.0234. The first-order valence-corrected chi connectivity index (χ1v) is 9.64. The van der Waals surface area contributed by atoms with E-state index in [1.54, 1.807) is 40.6 Å². The molecule has 8 nitrogen and oxygen atoms in total. The Morgan fingerprint density at radius 3 is 1.80 bits per heavy atom. The van der Waals surface area contributed by atoms with Gasteiger partial charge >= 0.3 is 0 Å². The van der Waals surface area contributed by atoms with Gasteiger partial charge in [0.1, 0.15) is 5.75 Å². The average Bonchev–Trinajstić information content (AvgIpc) is 2.79. The number of benzene rings is 2. The highest BCUT2D eigenvalue weighted by Gasteiger charge is 2.30. The number of morpholine rings is 1. The van der Waals surface area contributed by atoms with Gasteiger partial charge in [0.2, 0.25) is 5.75 Å². The number of rotatable bonds is 8. The molecule has 0 spiro atoms. The number of hydrogen-bond donors (Lipinski definition) is 1. The Balaban J connectivity index is 2.20. The number of phenols is 1. The largest absolute Gasteiger partial charge is 0.507 e. The zero-order valence-corrected chi connectivity index (χ0v) is 18.1. The van der Waals surface area contributed by atoms with Crippen molar-refractivity contribution < 1.29 is 33.5 Å². The van der Waals surface area contributed by atoms with Gasteiger partial charge in [0, 0.05) is 24.7 Å². The topological polar surface area (TPSA) is 78.9 Å². The molecule has 164 valence electrons. The molecule has 3 rings (SSSR count). The Kier molecular flexibility index (Phi) is 7.12. The molecule has 0 saturated carbocycles. The molecule has 0 aliphatic carbocycles. The van der Waals surface area contributed by atoms with Crippen LogP contribution in [0.15, 0.2) is 24.3 Å². The molecular formula is C22H29NO7. The second-order valence-electron chi connectivity index (χ2n) is 6.78. The number of aromatic hydroxyl groups is 1. The summed E-state index contributed by atoms with van der Waals surface area (Å²) in [6, 6.07) is 6.88. The van der Waals surface area contributed by atoms with Crippen molar-refractivity contribution in [1.29, 1.82) is 0 Å². The summed E-state index contributed by atoms with van der Waals surface area (Å²) in [7, 11) is 7.84. The third kappa shape index (κ3) is 4.20. The maximum Gasteiger partial charge on any atom is 0.203 e. The predicted molar refractivity (Wildman–Crippen MR) is 112 cm³/mol. The summed E-state index contributed by atoms with van der Waals surface area (Å²) < 4.78 is 32.9. The third-order valence-corrected chi connectivity index (χ3v) is 5.24. The summed E-state index contributed by atoms with van der Waals surface area (Å²) in [5.74, 6) is 2.72. The number of hydrogen-bond acceptors (Lipinski definition) is 8. The predicted octanol–water partition coefficient (Wildman–Crippen LogP) is 2.86. The van der Waals surface area contributed by atoms with Crippen molar-refractivity contribution in [1.82, 2.24) is 4.90 Å². The summed E-state index contributed by atoms with van der Waals surface area (Å²) >= 11 is 0. The molecule has 0 bridgehead atoms. The molecule has 30 heavy (non-hydrogen) atoms. The van der Waals surface area contributed by atoms with Crippen LogP contribution >= 0.6 is 0 Å². The lowest BCUT2D eigenvalue weighted by atomic mass is 9.94. The number of nitrogens with zero attached hydrogens (tertiary/aromatic N) is 1. The SMILES string of the molecule is COc1cc(O)c([C@H](c2cc(OC)c(OC)c(OC)c2)N2CCOCC2)cc1OC. The van der Waals surface area contributed by atoms with Crippen LogP contribution in [0, 0.1) is 0 Å². The van der Waals surface area contributed by atoms with Gasteiger partial charge in [0.05, 0.1) is 54.8 Å². The molecule has 0 radical (unpaired) electrons. The van der Waals surface area contributed by atoms with Gasteiger partial charge in [-0.1, -0.05) is 0 Å². The van der Waals surface area contributed by atoms with Crippen molar-refractivity contribution >= 4 is 0 Å². The van der Waals surface area contributed by atoms with E-state index in [0.717, 1.165) is 5.56 Å². The molecule has 1 heterocycles. The molecule has 1 aliphatic rings. The molecular weight excluding hydrogens is 390 g/mol. The summed E-state index contributed by atoms with van der Waals surface area (Å²) in [5.41, 5.74) is 1.57. The highest BCUT2D eigenvalue weighted by molar-refractivity contribution is 5.58. The molecule has 1 atom stereocenters. The minimum atomic E-state index is -0.289. The maximum absolute atomic E-state index is 10.9. The van der Waals surface area contributed by atoms with E-state index in [0.29, 0.717) is 60.6 Å².